The number of hydrogen-bond acceptors (Lipinski definition) is 5. The molecule has 0 bridgehead atoms. The molecule has 4 rings (SSSR count). The molecule has 0 spiro atoms. The van der Waals surface area contributed by atoms with E-state index >= 15 is 0 Å². The molecule has 1 fully saturated rings. The molecule has 2 aliphatic rings. The molecule has 158 valence electrons. The summed E-state index contributed by atoms with van der Waals surface area (Å²) in [5.41, 5.74) is 0.864. The predicted octanol–water partition coefficient (Wildman–Crippen LogP) is 4.08. The van der Waals surface area contributed by atoms with Crippen LogP contribution < -0.4 is 4.90 Å². The maximum atomic E-state index is 12.9. The average molecular weight is 438 g/mol. The molecule has 6 nitrogen and oxygen atoms in total. The van der Waals surface area contributed by atoms with E-state index in [0.29, 0.717) is 22.7 Å². The van der Waals surface area contributed by atoms with Crippen LogP contribution in [-0.2, 0) is 14.3 Å². The highest BCUT2D eigenvalue weighted by atomic mass is 35.5. The number of amides is 2. The zero-order chi connectivity index (χ0) is 22.1. The van der Waals surface area contributed by atoms with Crippen molar-refractivity contribution in [1.82, 2.24) is 0 Å². The van der Waals surface area contributed by atoms with Crippen LogP contribution in [0.1, 0.15) is 34.1 Å². The van der Waals surface area contributed by atoms with Crippen LogP contribution in [0.3, 0.4) is 0 Å². The lowest BCUT2D eigenvalue weighted by molar-refractivity contribution is -0.122. The molecule has 2 amide bonds. The van der Waals surface area contributed by atoms with E-state index in [1.165, 1.54) is 12.1 Å². The number of hydrogen-bond donors (Lipinski definition) is 0. The van der Waals surface area contributed by atoms with Gasteiger partial charge in [-0.15, -0.1) is 0 Å². The summed E-state index contributed by atoms with van der Waals surface area (Å²) in [7, 11) is 0. The first kappa shape index (κ1) is 21.0. The van der Waals surface area contributed by atoms with E-state index < -0.39 is 12.6 Å². The Morgan fingerprint density at radius 3 is 2.52 bits per heavy atom. The molecular formula is C24H20ClNO5. The highest BCUT2D eigenvalue weighted by Gasteiger charge is 2.50. The topological polar surface area (TPSA) is 80.8 Å². The largest absolute Gasteiger partial charge is 0.454 e. The number of ether oxygens (including phenoxy) is 1. The lowest BCUT2D eigenvalue weighted by Gasteiger charge is -2.22. The van der Waals surface area contributed by atoms with Gasteiger partial charge in [0.1, 0.15) is 0 Å². The summed E-state index contributed by atoms with van der Waals surface area (Å²) < 4.78 is 5.14. The van der Waals surface area contributed by atoms with Gasteiger partial charge < -0.3 is 4.74 Å². The Bertz CT molecular complexity index is 1090. The fourth-order valence-corrected chi connectivity index (χ4v) is 4.23. The normalized spacial score (nSPS) is 22.4. The Balaban J connectivity index is 1.47. The molecule has 1 saturated heterocycles. The quantitative estimate of drug-likeness (QED) is 0.305. The molecule has 0 radical (unpaired) electrons. The standard InChI is InChI=1S/C24H20ClNO5/c1-14-4-2-7-19-21(14)23(29)26(22(19)28)18-6-3-5-16(12-18)24(30)31-13-20(27)15-8-10-17(25)11-9-15/h2-6,8-12,14,19,21H,7,13H2,1H3. The van der Waals surface area contributed by atoms with Crippen LogP contribution in [0.4, 0.5) is 5.69 Å². The van der Waals surface area contributed by atoms with Crippen molar-refractivity contribution in [3.05, 3.63) is 76.8 Å². The van der Waals surface area contributed by atoms with Gasteiger partial charge in [-0.1, -0.05) is 36.7 Å². The summed E-state index contributed by atoms with van der Waals surface area (Å²) in [5.74, 6) is -2.37. The first-order valence-corrected chi connectivity index (χ1v) is 10.3. The predicted molar refractivity (Wildman–Crippen MR) is 115 cm³/mol. The van der Waals surface area contributed by atoms with Gasteiger partial charge in [0.15, 0.2) is 12.4 Å². The van der Waals surface area contributed by atoms with Crippen molar-refractivity contribution in [2.45, 2.75) is 13.3 Å². The van der Waals surface area contributed by atoms with E-state index in [0.717, 1.165) is 4.90 Å². The molecule has 0 N–H and O–H groups in total. The van der Waals surface area contributed by atoms with E-state index in [-0.39, 0.29) is 40.9 Å². The SMILES string of the molecule is CC1C=CCC2C(=O)N(c3cccc(C(=O)OCC(=O)c4ccc(Cl)cc4)c3)C(=O)C12. The molecule has 2 aromatic carbocycles. The van der Waals surface area contributed by atoms with E-state index in [2.05, 4.69) is 0 Å². The third-order valence-corrected chi connectivity index (χ3v) is 5.97. The van der Waals surface area contributed by atoms with Gasteiger partial charge in [0.25, 0.3) is 0 Å². The number of ketones is 1. The molecule has 2 aromatic rings. The molecule has 1 heterocycles. The minimum absolute atomic E-state index is 0.0211. The minimum atomic E-state index is -0.712. The van der Waals surface area contributed by atoms with Gasteiger partial charge in [-0.25, -0.2) is 4.79 Å². The molecule has 7 heteroatoms. The number of carbonyl (C=O) groups is 4. The van der Waals surface area contributed by atoms with Crippen molar-refractivity contribution in [3.63, 3.8) is 0 Å². The Morgan fingerprint density at radius 2 is 1.81 bits per heavy atom. The van der Waals surface area contributed by atoms with Gasteiger partial charge in [-0.05, 0) is 54.8 Å². The van der Waals surface area contributed by atoms with Gasteiger partial charge in [-0.2, -0.15) is 0 Å². The maximum absolute atomic E-state index is 12.9. The number of allylic oxidation sites excluding steroid dienone is 2. The number of fused-ring (bicyclic) bond motifs is 1. The second-order valence-corrected chi connectivity index (χ2v) is 8.16. The van der Waals surface area contributed by atoms with Crippen LogP contribution in [0.25, 0.3) is 0 Å². The van der Waals surface area contributed by atoms with Crippen LogP contribution in [0.2, 0.25) is 5.02 Å². The van der Waals surface area contributed by atoms with Crippen LogP contribution in [0.15, 0.2) is 60.7 Å². The monoisotopic (exact) mass is 437 g/mol. The summed E-state index contributed by atoms with van der Waals surface area (Å²) in [6, 6.07) is 12.4. The number of Topliss-reactive ketones (excluding diaryl/α,β-unsaturated/α-hetero) is 1. The van der Waals surface area contributed by atoms with E-state index in [1.54, 1.807) is 36.4 Å². The number of imide groups is 1. The molecule has 0 aromatic heterocycles. The fourth-order valence-electron chi connectivity index (χ4n) is 4.11. The Morgan fingerprint density at radius 1 is 1.06 bits per heavy atom. The van der Waals surface area contributed by atoms with Crippen molar-refractivity contribution in [2.24, 2.45) is 17.8 Å². The summed E-state index contributed by atoms with van der Waals surface area (Å²) >= 11 is 5.81. The van der Waals surface area contributed by atoms with Crippen molar-refractivity contribution in [3.8, 4) is 0 Å². The number of benzene rings is 2. The van der Waals surface area contributed by atoms with Crippen molar-refractivity contribution >= 4 is 40.9 Å². The van der Waals surface area contributed by atoms with Crippen LogP contribution >= 0.6 is 11.6 Å². The minimum Gasteiger partial charge on any atom is -0.454 e. The molecule has 1 aliphatic carbocycles. The Kier molecular flexibility index (Phi) is 5.74. The number of rotatable bonds is 5. The van der Waals surface area contributed by atoms with Gasteiger partial charge in [-0.3, -0.25) is 19.3 Å². The van der Waals surface area contributed by atoms with Gasteiger partial charge in [0.05, 0.1) is 23.1 Å². The lowest BCUT2D eigenvalue weighted by atomic mass is 9.78. The van der Waals surface area contributed by atoms with Gasteiger partial charge >= 0.3 is 5.97 Å². The Labute approximate surface area is 184 Å². The first-order chi connectivity index (χ1) is 14.9. The smallest absolute Gasteiger partial charge is 0.338 e. The summed E-state index contributed by atoms with van der Waals surface area (Å²) in [6.07, 6.45) is 4.43. The van der Waals surface area contributed by atoms with Crippen LogP contribution in [0, 0.1) is 17.8 Å². The number of carbonyl (C=O) groups excluding carboxylic acids is 4. The number of esters is 1. The number of halogens is 1. The number of anilines is 1. The zero-order valence-corrected chi connectivity index (χ0v) is 17.5. The molecule has 3 unspecified atom stereocenters. The summed E-state index contributed by atoms with van der Waals surface area (Å²) in [4.78, 5) is 51.7. The van der Waals surface area contributed by atoms with Crippen molar-refractivity contribution in [1.29, 1.82) is 0 Å². The third-order valence-electron chi connectivity index (χ3n) is 5.71. The fraction of sp³-hybridized carbons (Fsp3) is 0.250. The number of nitrogens with zero attached hydrogens (tertiary/aromatic N) is 1. The van der Waals surface area contributed by atoms with Crippen LogP contribution in [0.5, 0.6) is 0 Å². The second kappa shape index (κ2) is 8.47. The molecular weight excluding hydrogens is 418 g/mol. The summed E-state index contributed by atoms with van der Waals surface area (Å²) in [6.45, 7) is 1.49. The average Bonchev–Trinajstić information content (AvgIpc) is 3.03. The maximum Gasteiger partial charge on any atom is 0.338 e. The van der Waals surface area contributed by atoms with Crippen LogP contribution in [-0.4, -0.2) is 30.2 Å². The summed E-state index contributed by atoms with van der Waals surface area (Å²) in [5, 5.41) is 0.501. The van der Waals surface area contributed by atoms with E-state index in [9.17, 15) is 19.2 Å². The van der Waals surface area contributed by atoms with Gasteiger partial charge in [0.2, 0.25) is 11.8 Å². The van der Waals surface area contributed by atoms with Crippen molar-refractivity contribution < 1.29 is 23.9 Å². The zero-order valence-electron chi connectivity index (χ0n) is 16.8. The first-order valence-electron chi connectivity index (χ1n) is 9.97. The third kappa shape index (κ3) is 4.03. The highest BCUT2D eigenvalue weighted by molar-refractivity contribution is 6.30. The lowest BCUT2D eigenvalue weighted by Crippen LogP contribution is -2.31. The van der Waals surface area contributed by atoms with E-state index in [1.807, 2.05) is 19.1 Å². The molecule has 3 atom stereocenters. The molecule has 31 heavy (non-hydrogen) atoms. The second-order valence-electron chi connectivity index (χ2n) is 7.72. The van der Waals surface area contributed by atoms with Gasteiger partial charge in [0, 0.05) is 10.6 Å². The van der Waals surface area contributed by atoms with Crippen molar-refractivity contribution in [2.75, 3.05) is 11.5 Å². The highest BCUT2D eigenvalue weighted by Crippen LogP contribution is 2.40. The van der Waals surface area contributed by atoms with E-state index in [4.69, 9.17) is 16.3 Å². The molecule has 0 saturated carbocycles. The Hall–Kier alpha value is -3.25. The molecule has 1 aliphatic heterocycles.